The molecular weight excluding hydrogens is 318 g/mol. The zero-order valence-electron chi connectivity index (χ0n) is 15.1. The van der Waals surface area contributed by atoms with Crippen molar-refractivity contribution in [2.45, 2.75) is 32.7 Å². The molecule has 1 aromatic carbocycles. The lowest BCUT2D eigenvalue weighted by Crippen LogP contribution is -2.42. The number of benzene rings is 1. The molecular formula is C19H29N3O3. The van der Waals surface area contributed by atoms with Crippen molar-refractivity contribution in [3.63, 3.8) is 0 Å². The van der Waals surface area contributed by atoms with Crippen LogP contribution in [-0.4, -0.2) is 49.0 Å². The molecule has 138 valence electrons. The molecule has 0 unspecified atom stereocenters. The second kappa shape index (κ2) is 9.42. The maximum atomic E-state index is 12.2. The fraction of sp³-hybridized carbons (Fsp3) is 0.579. The minimum Gasteiger partial charge on any atom is -0.494 e. The van der Waals surface area contributed by atoms with Gasteiger partial charge in [0.1, 0.15) is 5.75 Å². The summed E-state index contributed by atoms with van der Waals surface area (Å²) in [5.74, 6) is 1.30. The second-order valence-corrected chi connectivity index (χ2v) is 7.01. The Morgan fingerprint density at radius 1 is 1.28 bits per heavy atom. The number of ether oxygens (including phenoxy) is 1. The molecule has 0 bridgehead atoms. The van der Waals surface area contributed by atoms with E-state index in [1.165, 1.54) is 0 Å². The van der Waals surface area contributed by atoms with E-state index >= 15 is 0 Å². The van der Waals surface area contributed by atoms with Crippen LogP contribution in [0.5, 0.6) is 5.75 Å². The predicted molar refractivity (Wildman–Crippen MR) is 97.1 cm³/mol. The molecule has 1 aromatic rings. The zero-order chi connectivity index (χ0) is 18.2. The van der Waals surface area contributed by atoms with Crippen LogP contribution < -0.4 is 15.8 Å². The van der Waals surface area contributed by atoms with Crippen LogP contribution in [0.2, 0.25) is 0 Å². The maximum Gasteiger partial charge on any atom is 0.231 e. The van der Waals surface area contributed by atoms with Gasteiger partial charge in [-0.3, -0.25) is 14.5 Å². The number of nitrogens with zero attached hydrogens (tertiary/aromatic N) is 1. The van der Waals surface area contributed by atoms with Crippen molar-refractivity contribution < 1.29 is 14.3 Å². The molecule has 2 atom stereocenters. The predicted octanol–water partition coefficient (Wildman–Crippen LogP) is 1.40. The summed E-state index contributed by atoms with van der Waals surface area (Å²) in [4.78, 5) is 25.4. The quantitative estimate of drug-likeness (QED) is 0.662. The van der Waals surface area contributed by atoms with Crippen LogP contribution in [0.4, 0.5) is 0 Å². The number of para-hydroxylation sites is 1. The van der Waals surface area contributed by atoms with Crippen molar-refractivity contribution in [3.8, 4) is 5.75 Å². The third-order valence-corrected chi connectivity index (χ3v) is 4.58. The van der Waals surface area contributed by atoms with Crippen molar-refractivity contribution in [3.05, 3.63) is 30.3 Å². The fourth-order valence-corrected chi connectivity index (χ4v) is 3.31. The van der Waals surface area contributed by atoms with Crippen molar-refractivity contribution in [1.29, 1.82) is 0 Å². The number of nitrogens with one attached hydrogen (secondary N) is 1. The van der Waals surface area contributed by atoms with E-state index in [0.717, 1.165) is 12.3 Å². The lowest BCUT2D eigenvalue weighted by molar-refractivity contribution is -0.122. The summed E-state index contributed by atoms with van der Waals surface area (Å²) in [7, 11) is 0. The van der Waals surface area contributed by atoms with Gasteiger partial charge in [-0.2, -0.15) is 0 Å². The van der Waals surface area contributed by atoms with Crippen LogP contribution in [0.25, 0.3) is 0 Å². The van der Waals surface area contributed by atoms with Gasteiger partial charge in [0.2, 0.25) is 11.8 Å². The number of hydrogen-bond donors (Lipinski definition) is 2. The Balaban J connectivity index is 1.73. The Morgan fingerprint density at radius 2 is 2.00 bits per heavy atom. The van der Waals surface area contributed by atoms with E-state index in [-0.39, 0.29) is 24.4 Å². The maximum absolute atomic E-state index is 12.2. The molecule has 25 heavy (non-hydrogen) atoms. The van der Waals surface area contributed by atoms with Crippen LogP contribution in [0.3, 0.4) is 0 Å². The highest BCUT2D eigenvalue weighted by molar-refractivity contribution is 5.77. The van der Waals surface area contributed by atoms with Gasteiger partial charge in [0.15, 0.2) is 0 Å². The molecule has 1 heterocycles. The first-order valence-corrected chi connectivity index (χ1v) is 8.93. The van der Waals surface area contributed by atoms with E-state index in [0.29, 0.717) is 37.8 Å². The minimum absolute atomic E-state index is 0.0354. The van der Waals surface area contributed by atoms with Gasteiger partial charge in [0.25, 0.3) is 0 Å². The molecule has 1 aliphatic heterocycles. The number of hydrogen-bond acceptors (Lipinski definition) is 4. The van der Waals surface area contributed by atoms with Gasteiger partial charge in [-0.15, -0.1) is 0 Å². The number of nitrogens with two attached hydrogens (primary N) is 1. The molecule has 0 aliphatic carbocycles. The third-order valence-electron chi connectivity index (χ3n) is 4.58. The van der Waals surface area contributed by atoms with Crippen molar-refractivity contribution >= 4 is 11.8 Å². The van der Waals surface area contributed by atoms with Gasteiger partial charge < -0.3 is 15.8 Å². The monoisotopic (exact) mass is 347 g/mol. The average molecular weight is 347 g/mol. The zero-order valence-corrected chi connectivity index (χ0v) is 15.1. The summed E-state index contributed by atoms with van der Waals surface area (Å²) in [6.45, 7) is 6.53. The van der Waals surface area contributed by atoms with E-state index in [1.54, 1.807) is 0 Å². The van der Waals surface area contributed by atoms with E-state index in [4.69, 9.17) is 10.5 Å². The molecule has 0 aromatic heterocycles. The first-order chi connectivity index (χ1) is 12.0. The smallest absolute Gasteiger partial charge is 0.231 e. The van der Waals surface area contributed by atoms with Crippen molar-refractivity contribution in [2.75, 3.05) is 26.2 Å². The number of amides is 2. The van der Waals surface area contributed by atoms with Crippen molar-refractivity contribution in [2.24, 2.45) is 17.6 Å². The Hall–Kier alpha value is -2.08. The van der Waals surface area contributed by atoms with Crippen LogP contribution in [0.15, 0.2) is 30.3 Å². The molecule has 3 N–H and O–H groups in total. The minimum atomic E-state index is -0.326. The van der Waals surface area contributed by atoms with E-state index in [1.807, 2.05) is 35.2 Å². The average Bonchev–Trinajstić information content (AvgIpc) is 2.94. The normalized spacial score (nSPS) is 20.6. The first-order valence-electron chi connectivity index (χ1n) is 8.93. The number of rotatable bonds is 9. The fourth-order valence-electron chi connectivity index (χ4n) is 3.31. The van der Waals surface area contributed by atoms with Gasteiger partial charge in [-0.25, -0.2) is 0 Å². The SMILES string of the molecule is CC(C)[C@@H]1CN(CC(N)=O)C[C@H]1NC(=O)CCCOc1ccccc1. The van der Waals surface area contributed by atoms with Crippen molar-refractivity contribution in [1.82, 2.24) is 10.2 Å². The Morgan fingerprint density at radius 3 is 2.64 bits per heavy atom. The Bertz CT molecular complexity index is 562. The lowest BCUT2D eigenvalue weighted by atomic mass is 9.91. The highest BCUT2D eigenvalue weighted by Gasteiger charge is 2.35. The summed E-state index contributed by atoms with van der Waals surface area (Å²) in [6, 6.07) is 9.66. The molecule has 6 heteroatoms. The molecule has 2 rings (SSSR count). The van der Waals surface area contributed by atoms with E-state index < -0.39 is 0 Å². The number of likely N-dealkylation sites (tertiary alicyclic amines) is 1. The van der Waals surface area contributed by atoms with Crippen LogP contribution in [-0.2, 0) is 9.59 Å². The third kappa shape index (κ3) is 6.38. The van der Waals surface area contributed by atoms with Gasteiger partial charge in [-0.1, -0.05) is 32.0 Å². The van der Waals surface area contributed by atoms with Crippen LogP contribution in [0, 0.1) is 11.8 Å². The van der Waals surface area contributed by atoms with Gasteiger partial charge in [0.05, 0.1) is 13.2 Å². The lowest BCUT2D eigenvalue weighted by Gasteiger charge is -2.23. The molecule has 1 aliphatic rings. The Labute approximate surface area is 149 Å². The second-order valence-electron chi connectivity index (χ2n) is 7.01. The first kappa shape index (κ1) is 19.2. The van der Waals surface area contributed by atoms with Gasteiger partial charge in [0, 0.05) is 25.6 Å². The standard InChI is InChI=1S/C19H29N3O3/c1-14(2)16-11-22(13-18(20)23)12-17(16)21-19(24)9-6-10-25-15-7-4-3-5-8-15/h3-5,7-8,14,16-17H,6,9-13H2,1-2H3,(H2,20,23)(H,21,24)/t16-,17+/m0/s1. The number of carbonyl (C=O) groups is 2. The summed E-state index contributed by atoms with van der Waals surface area (Å²) in [5, 5.41) is 3.12. The number of primary amides is 1. The van der Waals surface area contributed by atoms with E-state index in [2.05, 4.69) is 19.2 Å². The number of carbonyl (C=O) groups excluding carboxylic acids is 2. The van der Waals surface area contributed by atoms with Gasteiger partial charge >= 0.3 is 0 Å². The highest BCUT2D eigenvalue weighted by Crippen LogP contribution is 2.24. The van der Waals surface area contributed by atoms with Crippen LogP contribution >= 0.6 is 0 Å². The molecule has 1 saturated heterocycles. The van der Waals surface area contributed by atoms with E-state index in [9.17, 15) is 9.59 Å². The molecule has 0 saturated carbocycles. The summed E-state index contributed by atoms with van der Waals surface area (Å²) in [6.07, 6.45) is 1.11. The molecule has 6 nitrogen and oxygen atoms in total. The molecule has 0 radical (unpaired) electrons. The molecule has 0 spiro atoms. The van der Waals surface area contributed by atoms with Gasteiger partial charge in [-0.05, 0) is 30.4 Å². The Kier molecular flexibility index (Phi) is 7.25. The summed E-state index contributed by atoms with van der Waals surface area (Å²) in [5.41, 5.74) is 5.29. The highest BCUT2D eigenvalue weighted by atomic mass is 16.5. The summed E-state index contributed by atoms with van der Waals surface area (Å²) >= 11 is 0. The van der Waals surface area contributed by atoms with Crippen LogP contribution in [0.1, 0.15) is 26.7 Å². The molecule has 2 amide bonds. The summed E-state index contributed by atoms with van der Waals surface area (Å²) < 4.78 is 5.61. The topological polar surface area (TPSA) is 84.7 Å². The molecule has 1 fully saturated rings. The largest absolute Gasteiger partial charge is 0.494 e.